The van der Waals surface area contributed by atoms with Gasteiger partial charge in [-0.2, -0.15) is 0 Å². The molecule has 0 aliphatic carbocycles. The van der Waals surface area contributed by atoms with Crippen molar-refractivity contribution in [2.45, 2.75) is 6.92 Å². The molecule has 1 N–H and O–H groups in total. The number of nitro groups is 1. The van der Waals surface area contributed by atoms with E-state index in [0.717, 1.165) is 13.2 Å². The minimum absolute atomic E-state index is 0.0600. The zero-order chi connectivity index (χ0) is 16.0. The zero-order valence-corrected chi connectivity index (χ0v) is 12.0. The van der Waals surface area contributed by atoms with Crippen LogP contribution < -0.4 is 5.32 Å². The summed E-state index contributed by atoms with van der Waals surface area (Å²) in [5, 5.41) is 13.8. The third-order valence-corrected chi connectivity index (χ3v) is 2.78. The van der Waals surface area contributed by atoms with Crippen molar-refractivity contribution in [1.82, 2.24) is 0 Å². The Morgan fingerprint density at radius 2 is 2.14 bits per heavy atom. The summed E-state index contributed by atoms with van der Waals surface area (Å²) in [6, 6.07) is 1.79. The fraction of sp³-hybridized carbons (Fsp3) is 0.462. The van der Waals surface area contributed by atoms with Crippen LogP contribution in [0.15, 0.2) is 12.1 Å². The maximum atomic E-state index is 13.7. The Bertz CT molecular complexity index is 536. The van der Waals surface area contributed by atoms with E-state index in [2.05, 4.69) is 10.1 Å². The standard InChI is InChI=1S/C13H17FN2O5/c1-8(7-20-2)6-15-11-4-9(13(17)21-3)10(14)5-12(11)16(18)19/h4-5,8,15H,6-7H2,1-3H3. The second-order valence-electron chi connectivity index (χ2n) is 4.54. The van der Waals surface area contributed by atoms with Crippen molar-refractivity contribution >= 4 is 17.3 Å². The largest absolute Gasteiger partial charge is 0.465 e. The number of anilines is 1. The Labute approximate surface area is 121 Å². The molecule has 1 aromatic rings. The number of nitrogens with one attached hydrogen (secondary N) is 1. The second-order valence-corrected chi connectivity index (χ2v) is 4.54. The average Bonchev–Trinajstić information content (AvgIpc) is 2.44. The minimum Gasteiger partial charge on any atom is -0.465 e. The number of esters is 1. The molecule has 1 atom stereocenters. The van der Waals surface area contributed by atoms with Crippen LogP contribution >= 0.6 is 0 Å². The first-order valence-electron chi connectivity index (χ1n) is 6.19. The van der Waals surface area contributed by atoms with E-state index in [-0.39, 0.29) is 17.2 Å². The van der Waals surface area contributed by atoms with Gasteiger partial charge >= 0.3 is 5.97 Å². The fourth-order valence-corrected chi connectivity index (χ4v) is 1.75. The maximum absolute atomic E-state index is 13.7. The van der Waals surface area contributed by atoms with Gasteiger partial charge in [-0.15, -0.1) is 0 Å². The molecule has 116 valence electrons. The van der Waals surface area contributed by atoms with E-state index in [1.165, 1.54) is 0 Å². The number of carbonyl (C=O) groups excluding carboxylic acids is 1. The predicted molar refractivity (Wildman–Crippen MR) is 73.9 cm³/mol. The fourth-order valence-electron chi connectivity index (χ4n) is 1.75. The summed E-state index contributed by atoms with van der Waals surface area (Å²) in [7, 11) is 2.66. The minimum atomic E-state index is -0.996. The monoisotopic (exact) mass is 300 g/mol. The molecular formula is C13H17FN2O5. The molecule has 21 heavy (non-hydrogen) atoms. The van der Waals surface area contributed by atoms with Gasteiger partial charge in [0, 0.05) is 13.7 Å². The molecule has 0 aliphatic heterocycles. The SMILES string of the molecule is COCC(C)CNc1cc(C(=O)OC)c(F)cc1[N+](=O)[O-]. The number of rotatable bonds is 7. The van der Waals surface area contributed by atoms with E-state index < -0.39 is 22.4 Å². The van der Waals surface area contributed by atoms with Crippen molar-refractivity contribution in [2.24, 2.45) is 5.92 Å². The Balaban J connectivity index is 3.08. The van der Waals surface area contributed by atoms with Crippen LogP contribution in [0.4, 0.5) is 15.8 Å². The van der Waals surface area contributed by atoms with Crippen molar-refractivity contribution in [3.8, 4) is 0 Å². The number of methoxy groups -OCH3 is 2. The topological polar surface area (TPSA) is 90.7 Å². The van der Waals surface area contributed by atoms with E-state index in [9.17, 15) is 19.3 Å². The molecule has 0 heterocycles. The van der Waals surface area contributed by atoms with Gasteiger partial charge in [-0.1, -0.05) is 6.92 Å². The molecule has 1 rings (SSSR count). The molecule has 0 aliphatic rings. The number of halogens is 1. The summed E-state index contributed by atoms with van der Waals surface area (Å²) >= 11 is 0. The van der Waals surface area contributed by atoms with Crippen LogP contribution in [0, 0.1) is 21.8 Å². The van der Waals surface area contributed by atoms with E-state index in [4.69, 9.17) is 4.74 Å². The van der Waals surface area contributed by atoms with E-state index in [1.54, 1.807) is 7.11 Å². The Kier molecular flexibility index (Phi) is 6.04. The van der Waals surface area contributed by atoms with Crippen LogP contribution in [0.1, 0.15) is 17.3 Å². The van der Waals surface area contributed by atoms with Crippen LogP contribution in [-0.2, 0) is 9.47 Å². The van der Waals surface area contributed by atoms with E-state index in [0.29, 0.717) is 19.2 Å². The zero-order valence-electron chi connectivity index (χ0n) is 12.0. The summed E-state index contributed by atoms with van der Waals surface area (Å²) in [4.78, 5) is 21.7. The normalized spacial score (nSPS) is 11.8. The molecule has 7 nitrogen and oxygen atoms in total. The van der Waals surface area contributed by atoms with Crippen molar-refractivity contribution < 1.29 is 23.6 Å². The molecule has 1 unspecified atom stereocenters. The van der Waals surface area contributed by atoms with Gasteiger partial charge < -0.3 is 14.8 Å². The number of nitrogens with zero attached hydrogens (tertiary/aromatic N) is 1. The molecule has 0 fully saturated rings. The molecule has 0 aromatic heterocycles. The highest BCUT2D eigenvalue weighted by Crippen LogP contribution is 2.28. The van der Waals surface area contributed by atoms with Gasteiger partial charge in [0.25, 0.3) is 5.69 Å². The molecule has 0 bridgehead atoms. The van der Waals surface area contributed by atoms with Crippen molar-refractivity contribution in [3.63, 3.8) is 0 Å². The highest BCUT2D eigenvalue weighted by Gasteiger charge is 2.22. The maximum Gasteiger partial charge on any atom is 0.340 e. The molecular weight excluding hydrogens is 283 g/mol. The van der Waals surface area contributed by atoms with Gasteiger partial charge in [0.1, 0.15) is 11.5 Å². The van der Waals surface area contributed by atoms with Crippen LogP contribution in [0.5, 0.6) is 0 Å². The van der Waals surface area contributed by atoms with Gasteiger partial charge in [-0.05, 0) is 12.0 Å². The van der Waals surface area contributed by atoms with Crippen LogP contribution in [0.2, 0.25) is 0 Å². The molecule has 0 saturated heterocycles. The third kappa shape index (κ3) is 4.38. The van der Waals surface area contributed by atoms with Crippen LogP contribution in [0.25, 0.3) is 0 Å². The second kappa shape index (κ2) is 7.53. The van der Waals surface area contributed by atoms with Crippen molar-refractivity contribution in [2.75, 3.05) is 32.7 Å². The number of hydrogen-bond acceptors (Lipinski definition) is 6. The number of carbonyl (C=O) groups is 1. The lowest BCUT2D eigenvalue weighted by Crippen LogP contribution is -2.17. The molecule has 0 spiro atoms. The first-order chi connectivity index (χ1) is 9.90. The Morgan fingerprint density at radius 3 is 2.67 bits per heavy atom. The lowest BCUT2D eigenvalue weighted by molar-refractivity contribution is -0.384. The lowest BCUT2D eigenvalue weighted by Gasteiger charge is -2.13. The van der Waals surface area contributed by atoms with Gasteiger partial charge in [0.05, 0.1) is 30.3 Å². The highest BCUT2D eigenvalue weighted by molar-refractivity contribution is 5.91. The van der Waals surface area contributed by atoms with Crippen LogP contribution in [0.3, 0.4) is 0 Å². The summed E-state index contributed by atoms with van der Waals surface area (Å²) in [6.45, 7) is 2.72. The summed E-state index contributed by atoms with van der Waals surface area (Å²) < 4.78 is 23.1. The first-order valence-corrected chi connectivity index (χ1v) is 6.19. The van der Waals surface area contributed by atoms with E-state index >= 15 is 0 Å². The lowest BCUT2D eigenvalue weighted by atomic mass is 10.1. The van der Waals surface area contributed by atoms with Gasteiger partial charge in [-0.25, -0.2) is 9.18 Å². The third-order valence-electron chi connectivity index (χ3n) is 2.78. The molecule has 0 saturated carbocycles. The van der Waals surface area contributed by atoms with Crippen LogP contribution in [-0.4, -0.2) is 38.3 Å². The first kappa shape index (κ1) is 16.8. The highest BCUT2D eigenvalue weighted by atomic mass is 19.1. The van der Waals surface area contributed by atoms with Gasteiger partial charge in [0.15, 0.2) is 0 Å². The number of benzene rings is 1. The smallest absolute Gasteiger partial charge is 0.340 e. The Hall–Kier alpha value is -2.22. The number of nitro benzene ring substituents is 1. The molecule has 0 amide bonds. The molecule has 1 aromatic carbocycles. The number of ether oxygens (including phenoxy) is 2. The average molecular weight is 300 g/mol. The summed E-state index contributed by atoms with van der Waals surface area (Å²) in [6.07, 6.45) is 0. The van der Waals surface area contributed by atoms with Crippen molar-refractivity contribution in [3.05, 3.63) is 33.6 Å². The quantitative estimate of drug-likeness (QED) is 0.471. The summed E-state index contributed by atoms with van der Waals surface area (Å²) in [5.74, 6) is -1.80. The Morgan fingerprint density at radius 1 is 1.48 bits per heavy atom. The summed E-state index contributed by atoms with van der Waals surface area (Å²) in [5.41, 5.74) is -0.737. The molecule has 8 heteroatoms. The predicted octanol–water partition coefficient (Wildman–Crippen LogP) is 2.21. The van der Waals surface area contributed by atoms with E-state index in [1.807, 2.05) is 6.92 Å². The van der Waals surface area contributed by atoms with Crippen molar-refractivity contribution in [1.29, 1.82) is 0 Å². The van der Waals surface area contributed by atoms with Gasteiger partial charge in [-0.3, -0.25) is 10.1 Å². The molecule has 0 radical (unpaired) electrons. The number of hydrogen-bond donors (Lipinski definition) is 1. The van der Waals surface area contributed by atoms with Gasteiger partial charge in [0.2, 0.25) is 0 Å².